The Bertz CT molecular complexity index is 993. The summed E-state index contributed by atoms with van der Waals surface area (Å²) in [7, 11) is 0. The molecule has 1 aliphatic rings. The number of hydrogen-bond acceptors (Lipinski definition) is 6. The van der Waals surface area contributed by atoms with Gasteiger partial charge in [-0.25, -0.2) is 9.59 Å². The highest BCUT2D eigenvalue weighted by molar-refractivity contribution is 6.07. The van der Waals surface area contributed by atoms with E-state index in [2.05, 4.69) is 21.7 Å². The molecule has 0 radical (unpaired) electrons. The van der Waals surface area contributed by atoms with Gasteiger partial charge in [0, 0.05) is 38.3 Å². The van der Waals surface area contributed by atoms with E-state index in [4.69, 9.17) is 5.73 Å². The fourth-order valence-corrected chi connectivity index (χ4v) is 3.68. The number of aromatic nitrogens is 1. The van der Waals surface area contributed by atoms with E-state index in [0.29, 0.717) is 12.1 Å². The fraction of sp³-hybridized carbons (Fsp3) is 0.350. The number of rotatable bonds is 6. The highest BCUT2D eigenvalue weighted by Gasteiger charge is 2.26. The van der Waals surface area contributed by atoms with Gasteiger partial charge < -0.3 is 25.8 Å². The Hall–Kier alpha value is -3.17. The van der Waals surface area contributed by atoms with Crippen LogP contribution in [-0.4, -0.2) is 69.7 Å². The Morgan fingerprint density at radius 1 is 1.07 bits per heavy atom. The number of likely N-dealkylation sites (N-methyl/N-ethyl adjacent to an activating group) is 1. The van der Waals surface area contributed by atoms with Crippen LogP contribution in [0.15, 0.2) is 29.1 Å². The van der Waals surface area contributed by atoms with E-state index in [1.807, 2.05) is 6.07 Å². The van der Waals surface area contributed by atoms with Gasteiger partial charge in [-0.3, -0.25) is 9.69 Å². The first-order valence-electron chi connectivity index (χ1n) is 9.38. The maximum absolute atomic E-state index is 12.2. The van der Waals surface area contributed by atoms with E-state index in [-0.39, 0.29) is 11.4 Å². The van der Waals surface area contributed by atoms with Crippen LogP contribution in [0.4, 0.5) is 5.82 Å². The van der Waals surface area contributed by atoms with Gasteiger partial charge in [-0.15, -0.1) is 0 Å². The van der Waals surface area contributed by atoms with E-state index in [0.717, 1.165) is 38.3 Å². The van der Waals surface area contributed by atoms with E-state index in [9.17, 15) is 24.6 Å². The Morgan fingerprint density at radius 2 is 1.69 bits per heavy atom. The van der Waals surface area contributed by atoms with Crippen LogP contribution in [0.5, 0.6) is 0 Å². The molecule has 1 fully saturated rings. The third kappa shape index (κ3) is 4.30. The van der Waals surface area contributed by atoms with Gasteiger partial charge in [0.05, 0.1) is 0 Å². The molecule has 1 saturated heterocycles. The standard InChI is InChI=1S/C20H24N4O5/c1-2-23-6-8-24(9-7-23)11-12-4-3-5-13(10-12)14-15(19(26)27)17(21)22-18(25)16(14)20(28)29/h3-5,10H,2,6-9,11H2,1H3,(H,26,27)(H,28,29)(H3,21,22,25). The fourth-order valence-electron chi connectivity index (χ4n) is 3.68. The zero-order valence-corrected chi connectivity index (χ0v) is 16.1. The summed E-state index contributed by atoms with van der Waals surface area (Å²) in [5.74, 6) is -3.29. The predicted octanol–water partition coefficient (Wildman–Crippen LogP) is 1.16. The van der Waals surface area contributed by atoms with E-state index >= 15 is 0 Å². The molecular weight excluding hydrogens is 376 g/mol. The number of nitrogens with one attached hydrogen (secondary N) is 1. The smallest absolute Gasteiger partial charge is 0.342 e. The van der Waals surface area contributed by atoms with Crippen LogP contribution in [0.3, 0.4) is 0 Å². The molecule has 3 rings (SSSR count). The first kappa shape index (κ1) is 20.6. The number of carbonyl (C=O) groups is 2. The van der Waals surface area contributed by atoms with Crippen molar-refractivity contribution in [2.45, 2.75) is 13.5 Å². The van der Waals surface area contributed by atoms with Crippen molar-refractivity contribution >= 4 is 17.8 Å². The zero-order chi connectivity index (χ0) is 21.1. The lowest BCUT2D eigenvalue weighted by molar-refractivity contribution is 0.0695. The van der Waals surface area contributed by atoms with E-state index in [1.165, 1.54) is 0 Å². The first-order valence-corrected chi connectivity index (χ1v) is 9.38. The number of nitrogens with zero attached hydrogens (tertiary/aromatic N) is 2. The summed E-state index contributed by atoms with van der Waals surface area (Å²) in [4.78, 5) is 42.4. The molecule has 0 unspecified atom stereocenters. The number of aromatic carboxylic acids is 2. The number of piperazine rings is 1. The van der Waals surface area contributed by atoms with Crippen LogP contribution in [-0.2, 0) is 6.54 Å². The minimum absolute atomic E-state index is 0.177. The summed E-state index contributed by atoms with van der Waals surface area (Å²) in [6, 6.07) is 6.93. The third-order valence-corrected chi connectivity index (χ3v) is 5.21. The second kappa shape index (κ2) is 8.46. The maximum Gasteiger partial charge on any atom is 0.342 e. The van der Waals surface area contributed by atoms with E-state index < -0.39 is 28.6 Å². The minimum atomic E-state index is -1.51. The zero-order valence-electron chi connectivity index (χ0n) is 16.1. The van der Waals surface area contributed by atoms with Gasteiger partial charge in [-0.05, 0) is 23.7 Å². The molecule has 0 atom stereocenters. The van der Waals surface area contributed by atoms with Gasteiger partial charge in [0.25, 0.3) is 5.56 Å². The normalized spacial score (nSPS) is 15.3. The van der Waals surface area contributed by atoms with Crippen molar-refractivity contribution in [2.75, 3.05) is 38.5 Å². The van der Waals surface area contributed by atoms with Crippen LogP contribution in [0.25, 0.3) is 11.1 Å². The molecule has 1 aromatic carbocycles. The number of H-pyrrole nitrogens is 1. The van der Waals surface area contributed by atoms with Crippen LogP contribution in [0.1, 0.15) is 33.2 Å². The quantitative estimate of drug-likeness (QED) is 0.566. The molecule has 1 aliphatic heterocycles. The number of anilines is 1. The molecule has 2 heterocycles. The van der Waals surface area contributed by atoms with Crippen molar-refractivity contribution in [3.05, 3.63) is 51.3 Å². The van der Waals surface area contributed by atoms with E-state index in [1.54, 1.807) is 18.2 Å². The molecule has 0 bridgehead atoms. The third-order valence-electron chi connectivity index (χ3n) is 5.21. The summed E-state index contributed by atoms with van der Waals surface area (Å²) >= 11 is 0. The molecule has 0 saturated carbocycles. The Labute approximate surface area is 167 Å². The number of nitrogens with two attached hydrogens (primary N) is 1. The second-order valence-corrected chi connectivity index (χ2v) is 7.01. The van der Waals surface area contributed by atoms with Gasteiger partial charge in [0.1, 0.15) is 16.9 Å². The number of carboxylic acids is 2. The monoisotopic (exact) mass is 400 g/mol. The molecule has 0 spiro atoms. The first-order chi connectivity index (χ1) is 13.8. The lowest BCUT2D eigenvalue weighted by Gasteiger charge is -2.34. The van der Waals surface area contributed by atoms with Gasteiger partial charge in [0.2, 0.25) is 0 Å². The summed E-state index contributed by atoms with van der Waals surface area (Å²) in [6.45, 7) is 7.58. The minimum Gasteiger partial charge on any atom is -0.478 e. The molecule has 29 heavy (non-hydrogen) atoms. The topological polar surface area (TPSA) is 140 Å². The number of aromatic amines is 1. The Balaban J connectivity index is 2.02. The van der Waals surface area contributed by atoms with Crippen LogP contribution in [0.2, 0.25) is 0 Å². The molecule has 0 aliphatic carbocycles. The van der Waals surface area contributed by atoms with Crippen molar-refractivity contribution < 1.29 is 19.8 Å². The lowest BCUT2D eigenvalue weighted by Crippen LogP contribution is -2.45. The van der Waals surface area contributed by atoms with Crippen molar-refractivity contribution in [1.82, 2.24) is 14.8 Å². The van der Waals surface area contributed by atoms with Crippen molar-refractivity contribution in [3.63, 3.8) is 0 Å². The molecule has 1 aromatic heterocycles. The van der Waals surface area contributed by atoms with Gasteiger partial charge >= 0.3 is 11.9 Å². The average Bonchev–Trinajstić information content (AvgIpc) is 2.67. The van der Waals surface area contributed by atoms with Crippen LogP contribution >= 0.6 is 0 Å². The molecular formula is C20H24N4O5. The molecule has 9 nitrogen and oxygen atoms in total. The van der Waals surface area contributed by atoms with Gasteiger partial charge in [0.15, 0.2) is 0 Å². The van der Waals surface area contributed by atoms with Crippen molar-refractivity contribution in [1.29, 1.82) is 0 Å². The summed E-state index contributed by atoms with van der Waals surface area (Å²) in [6.07, 6.45) is 0. The highest BCUT2D eigenvalue weighted by atomic mass is 16.4. The molecule has 2 aromatic rings. The van der Waals surface area contributed by atoms with Crippen LogP contribution in [0, 0.1) is 0 Å². The SMILES string of the molecule is CCN1CCN(Cc2cccc(-c3c(C(=O)O)c(N)[nH]c(=O)c3C(=O)O)c2)CC1. The van der Waals surface area contributed by atoms with Gasteiger partial charge in [-0.2, -0.15) is 0 Å². The predicted molar refractivity (Wildman–Crippen MR) is 108 cm³/mol. The Kier molecular flexibility index (Phi) is 6.00. The largest absolute Gasteiger partial charge is 0.478 e. The average molecular weight is 400 g/mol. The van der Waals surface area contributed by atoms with Crippen molar-refractivity contribution in [2.24, 2.45) is 0 Å². The summed E-state index contributed by atoms with van der Waals surface area (Å²) < 4.78 is 0. The van der Waals surface area contributed by atoms with Crippen LogP contribution < -0.4 is 11.3 Å². The van der Waals surface area contributed by atoms with Crippen molar-refractivity contribution in [3.8, 4) is 11.1 Å². The lowest BCUT2D eigenvalue weighted by atomic mass is 9.94. The Morgan fingerprint density at radius 3 is 2.28 bits per heavy atom. The number of pyridine rings is 1. The summed E-state index contributed by atoms with van der Waals surface area (Å²) in [5, 5.41) is 19.1. The number of nitrogen functional groups attached to an aromatic ring is 1. The molecule has 154 valence electrons. The van der Waals surface area contributed by atoms with Gasteiger partial charge in [-0.1, -0.05) is 25.1 Å². The second-order valence-electron chi connectivity index (χ2n) is 7.01. The molecule has 0 amide bonds. The maximum atomic E-state index is 12.2. The molecule has 9 heteroatoms. The number of carboxylic acid groups (broad SMARTS) is 2. The number of hydrogen-bond donors (Lipinski definition) is 4. The summed E-state index contributed by atoms with van der Waals surface area (Å²) in [5.41, 5.74) is 4.77. The number of benzene rings is 1. The highest BCUT2D eigenvalue weighted by Crippen LogP contribution is 2.30. The molecule has 5 N–H and O–H groups in total.